The number of aromatic nitrogens is 2. The number of ether oxygens (including phenoxy) is 1. The fourth-order valence-electron chi connectivity index (χ4n) is 1.57. The number of aryl methyl sites for hydroxylation is 1. The molecule has 1 aliphatic rings. The summed E-state index contributed by atoms with van der Waals surface area (Å²) in [5.41, 5.74) is 0.382. The lowest BCUT2D eigenvalue weighted by Crippen LogP contribution is -2.43. The van der Waals surface area contributed by atoms with E-state index in [1.165, 1.54) is 4.68 Å². The molecule has 5 nitrogen and oxygen atoms in total. The van der Waals surface area contributed by atoms with E-state index >= 15 is 0 Å². The van der Waals surface area contributed by atoms with Crippen LogP contribution in [0.1, 0.15) is 12.8 Å². The van der Waals surface area contributed by atoms with Crippen molar-refractivity contribution in [3.8, 4) is 5.88 Å². The maximum absolute atomic E-state index is 12.6. The van der Waals surface area contributed by atoms with Gasteiger partial charge in [-0.05, 0) is 0 Å². The number of nitrogens with zero attached hydrogens (tertiary/aromatic N) is 2. The van der Waals surface area contributed by atoms with E-state index in [-0.39, 0.29) is 18.7 Å². The number of nitrogens with one attached hydrogen (secondary N) is 1. The third kappa shape index (κ3) is 2.12. The lowest BCUT2D eigenvalue weighted by atomic mass is 9.91. The van der Waals surface area contributed by atoms with Crippen LogP contribution in [0.15, 0.2) is 6.20 Å². The van der Waals surface area contributed by atoms with Crippen molar-refractivity contribution in [3.05, 3.63) is 6.20 Å². The molecule has 1 N–H and O–H groups in total. The summed E-state index contributed by atoms with van der Waals surface area (Å²) in [5.74, 6) is -2.45. The molecule has 1 aliphatic carbocycles. The van der Waals surface area contributed by atoms with E-state index in [0.29, 0.717) is 12.1 Å². The fraction of sp³-hybridized carbons (Fsp3) is 0.556. The first-order chi connectivity index (χ1) is 7.50. The van der Waals surface area contributed by atoms with Crippen LogP contribution in [0.4, 0.5) is 14.5 Å². The minimum atomic E-state index is -2.63. The Balaban J connectivity index is 2.01. The highest BCUT2D eigenvalue weighted by molar-refractivity contribution is 5.73. The molecule has 0 radical (unpaired) electrons. The van der Waals surface area contributed by atoms with Gasteiger partial charge in [-0.15, -0.1) is 5.10 Å². The van der Waals surface area contributed by atoms with Crippen molar-refractivity contribution in [1.82, 2.24) is 9.78 Å². The Bertz CT molecular complexity index is 397. The molecular formula is C9H11F2N3O2. The van der Waals surface area contributed by atoms with Gasteiger partial charge in [0.15, 0.2) is 0 Å². The molecule has 0 spiro atoms. The topological polar surface area (TPSA) is 56.2 Å². The number of halogens is 2. The molecule has 0 aromatic carbocycles. The first-order valence-electron chi connectivity index (χ1n) is 4.78. The van der Waals surface area contributed by atoms with Crippen molar-refractivity contribution in [2.24, 2.45) is 7.05 Å². The molecule has 0 saturated heterocycles. The monoisotopic (exact) mass is 231 g/mol. The highest BCUT2D eigenvalue weighted by atomic mass is 19.3. The van der Waals surface area contributed by atoms with Crippen LogP contribution in [0.5, 0.6) is 5.88 Å². The second-order valence-corrected chi connectivity index (χ2v) is 3.79. The van der Waals surface area contributed by atoms with Gasteiger partial charge in [-0.25, -0.2) is 8.78 Å². The number of amides is 1. The van der Waals surface area contributed by atoms with Crippen LogP contribution in [0.25, 0.3) is 0 Å². The molecule has 1 heterocycles. The zero-order chi connectivity index (χ0) is 11.8. The Morgan fingerprint density at radius 3 is 2.94 bits per heavy atom. The second kappa shape index (κ2) is 3.73. The summed E-state index contributed by atoms with van der Waals surface area (Å²) in [4.78, 5) is 10.3. The van der Waals surface area contributed by atoms with Crippen molar-refractivity contribution in [2.75, 3.05) is 5.32 Å². The molecule has 1 saturated carbocycles. The zero-order valence-electron chi connectivity index (χ0n) is 8.61. The van der Waals surface area contributed by atoms with E-state index in [1.54, 1.807) is 13.2 Å². The van der Waals surface area contributed by atoms with Gasteiger partial charge in [0.05, 0.1) is 6.20 Å². The van der Waals surface area contributed by atoms with Crippen molar-refractivity contribution < 1.29 is 18.3 Å². The lowest BCUT2D eigenvalue weighted by molar-refractivity contribution is -0.135. The standard InChI is InChI=1S/C9H11F2N3O2/c1-14-4-7(12-5-15)8(13-14)16-6-2-9(10,11)3-6/h4-6H,2-3H2,1H3,(H,12,15). The summed E-state index contributed by atoms with van der Waals surface area (Å²) in [7, 11) is 1.65. The van der Waals surface area contributed by atoms with Crippen molar-refractivity contribution in [3.63, 3.8) is 0 Å². The fourth-order valence-corrected chi connectivity index (χ4v) is 1.57. The van der Waals surface area contributed by atoms with Crippen LogP contribution in [0.3, 0.4) is 0 Å². The van der Waals surface area contributed by atoms with Crippen LogP contribution < -0.4 is 10.1 Å². The van der Waals surface area contributed by atoms with Crippen LogP contribution in [0, 0.1) is 0 Å². The van der Waals surface area contributed by atoms with Gasteiger partial charge >= 0.3 is 0 Å². The van der Waals surface area contributed by atoms with Gasteiger partial charge in [-0.3, -0.25) is 9.48 Å². The summed E-state index contributed by atoms with van der Waals surface area (Å²) >= 11 is 0. The van der Waals surface area contributed by atoms with Gasteiger partial charge in [0.2, 0.25) is 6.41 Å². The quantitative estimate of drug-likeness (QED) is 0.791. The Morgan fingerprint density at radius 1 is 1.69 bits per heavy atom. The molecular weight excluding hydrogens is 220 g/mol. The number of anilines is 1. The molecule has 16 heavy (non-hydrogen) atoms. The zero-order valence-corrected chi connectivity index (χ0v) is 8.61. The highest BCUT2D eigenvalue weighted by Crippen LogP contribution is 2.40. The smallest absolute Gasteiger partial charge is 0.257 e. The largest absolute Gasteiger partial charge is 0.471 e. The number of rotatable bonds is 4. The number of carbonyl (C=O) groups is 1. The normalized spacial score (nSPS) is 18.9. The molecule has 88 valence electrons. The Kier molecular flexibility index (Phi) is 2.53. The van der Waals surface area contributed by atoms with E-state index in [9.17, 15) is 13.6 Å². The molecule has 2 rings (SSSR count). The molecule has 0 bridgehead atoms. The summed E-state index contributed by atoms with van der Waals surface area (Å²) in [5, 5.41) is 6.32. The third-order valence-corrected chi connectivity index (χ3v) is 2.34. The summed E-state index contributed by atoms with van der Waals surface area (Å²) in [6, 6.07) is 0. The number of hydrogen-bond donors (Lipinski definition) is 1. The first-order valence-corrected chi connectivity index (χ1v) is 4.78. The minimum absolute atomic E-state index is 0.176. The molecule has 0 aliphatic heterocycles. The van der Waals surface area contributed by atoms with E-state index in [1.807, 2.05) is 0 Å². The lowest BCUT2D eigenvalue weighted by Gasteiger charge is -2.34. The average molecular weight is 231 g/mol. The van der Waals surface area contributed by atoms with Gasteiger partial charge in [0, 0.05) is 19.9 Å². The molecule has 0 atom stereocenters. The predicted molar refractivity (Wildman–Crippen MR) is 51.5 cm³/mol. The van der Waals surface area contributed by atoms with Crippen molar-refractivity contribution >= 4 is 12.1 Å². The van der Waals surface area contributed by atoms with Crippen LogP contribution in [0.2, 0.25) is 0 Å². The summed E-state index contributed by atoms with van der Waals surface area (Å²) in [6.07, 6.45) is 0.894. The SMILES string of the molecule is Cn1cc(NC=O)c(OC2CC(F)(F)C2)n1. The van der Waals surface area contributed by atoms with E-state index in [4.69, 9.17) is 4.74 Å². The van der Waals surface area contributed by atoms with Gasteiger partial charge in [-0.2, -0.15) is 0 Å². The van der Waals surface area contributed by atoms with Gasteiger partial charge in [0.1, 0.15) is 11.8 Å². The predicted octanol–water partition coefficient (Wildman–Crippen LogP) is 1.16. The Hall–Kier alpha value is -1.66. The molecule has 1 aromatic heterocycles. The molecule has 1 aromatic rings. The maximum atomic E-state index is 12.6. The van der Waals surface area contributed by atoms with Crippen LogP contribution in [-0.2, 0) is 11.8 Å². The highest BCUT2D eigenvalue weighted by Gasteiger charge is 2.47. The van der Waals surface area contributed by atoms with E-state index in [2.05, 4.69) is 10.4 Å². The minimum Gasteiger partial charge on any atom is -0.471 e. The average Bonchev–Trinajstić information content (AvgIpc) is 2.44. The summed E-state index contributed by atoms with van der Waals surface area (Å²) < 4.78 is 31.8. The number of hydrogen-bond acceptors (Lipinski definition) is 3. The molecule has 1 amide bonds. The third-order valence-electron chi connectivity index (χ3n) is 2.34. The second-order valence-electron chi connectivity index (χ2n) is 3.79. The maximum Gasteiger partial charge on any atom is 0.257 e. The van der Waals surface area contributed by atoms with Gasteiger partial charge in [0.25, 0.3) is 11.8 Å². The number of alkyl halides is 2. The van der Waals surface area contributed by atoms with Crippen LogP contribution >= 0.6 is 0 Å². The first kappa shape index (κ1) is 10.8. The van der Waals surface area contributed by atoms with Gasteiger partial charge in [-0.1, -0.05) is 0 Å². The number of carbonyl (C=O) groups excluding carboxylic acids is 1. The van der Waals surface area contributed by atoms with Gasteiger partial charge < -0.3 is 10.1 Å². The molecule has 7 heteroatoms. The van der Waals surface area contributed by atoms with E-state index in [0.717, 1.165) is 0 Å². The van der Waals surface area contributed by atoms with Crippen molar-refractivity contribution in [2.45, 2.75) is 24.9 Å². The van der Waals surface area contributed by atoms with E-state index < -0.39 is 12.0 Å². The van der Waals surface area contributed by atoms with Crippen LogP contribution in [-0.4, -0.2) is 28.2 Å². The Labute approximate surface area is 90.4 Å². The molecule has 0 unspecified atom stereocenters. The Morgan fingerprint density at radius 2 is 2.38 bits per heavy atom. The summed E-state index contributed by atoms with van der Waals surface area (Å²) in [6.45, 7) is 0. The van der Waals surface area contributed by atoms with Crippen molar-refractivity contribution in [1.29, 1.82) is 0 Å². The molecule has 1 fully saturated rings.